The number of anilines is 2. The Balaban J connectivity index is 1.50. The van der Waals surface area contributed by atoms with Crippen LogP contribution in [0.1, 0.15) is 66.6 Å². The molecule has 3 aromatic heterocycles. The molecule has 0 saturated carbocycles. The summed E-state index contributed by atoms with van der Waals surface area (Å²) in [6.45, 7) is 5.68. The first-order chi connectivity index (χ1) is 18.2. The summed E-state index contributed by atoms with van der Waals surface area (Å²) in [4.78, 5) is 38.4. The lowest BCUT2D eigenvalue weighted by Crippen LogP contribution is -2.27. The highest BCUT2D eigenvalue weighted by molar-refractivity contribution is 6.10. The van der Waals surface area contributed by atoms with Crippen LogP contribution in [0.4, 0.5) is 20.8 Å². The molecular weight excluding hydrogens is 491 g/mol. The van der Waals surface area contributed by atoms with Crippen LogP contribution in [0, 0.1) is 0 Å². The van der Waals surface area contributed by atoms with E-state index in [-0.39, 0.29) is 37.1 Å². The molecule has 200 valence electrons. The minimum absolute atomic E-state index is 0.0783. The number of aromatic nitrogens is 5. The van der Waals surface area contributed by atoms with Gasteiger partial charge in [-0.3, -0.25) is 9.69 Å². The molecule has 0 unspecified atom stereocenters. The van der Waals surface area contributed by atoms with Crippen molar-refractivity contribution in [1.82, 2.24) is 30.0 Å². The Morgan fingerprint density at radius 1 is 1.29 bits per heavy atom. The van der Waals surface area contributed by atoms with E-state index in [0.29, 0.717) is 46.4 Å². The number of alkyl carbamates (subject to hydrolysis) is 1. The molecule has 0 spiro atoms. The maximum atomic E-state index is 13.8. The molecule has 0 fully saturated rings. The quantitative estimate of drug-likeness (QED) is 0.500. The van der Waals surface area contributed by atoms with E-state index < -0.39 is 12.8 Å². The second-order valence-corrected chi connectivity index (χ2v) is 9.95. The number of ether oxygens (including phenoxy) is 1. The van der Waals surface area contributed by atoms with E-state index in [1.54, 1.807) is 29.2 Å². The van der Waals surface area contributed by atoms with Crippen LogP contribution in [0.3, 0.4) is 0 Å². The number of hydrogen-bond donors (Lipinski definition) is 1. The maximum Gasteiger partial charge on any atom is 0.407 e. The Bertz CT molecular complexity index is 1390. The van der Waals surface area contributed by atoms with E-state index in [1.807, 2.05) is 37.3 Å². The summed E-state index contributed by atoms with van der Waals surface area (Å²) in [5, 5.41) is 11.0. The van der Waals surface area contributed by atoms with Crippen molar-refractivity contribution < 1.29 is 18.7 Å². The zero-order chi connectivity index (χ0) is 27.1. The summed E-state index contributed by atoms with van der Waals surface area (Å²) in [6, 6.07) is 6.90. The number of alkyl halides is 1. The van der Waals surface area contributed by atoms with E-state index >= 15 is 0 Å². The predicted octanol–water partition coefficient (Wildman–Crippen LogP) is 3.61. The van der Waals surface area contributed by atoms with E-state index in [2.05, 4.69) is 15.5 Å². The average molecular weight is 523 g/mol. The Morgan fingerprint density at radius 3 is 2.79 bits per heavy atom. The van der Waals surface area contributed by atoms with E-state index in [0.717, 1.165) is 5.82 Å². The number of hydrogen-bond acceptors (Lipinski definition) is 8. The maximum absolute atomic E-state index is 13.8. The molecular formula is C26H31FN8O3. The van der Waals surface area contributed by atoms with Gasteiger partial charge in [-0.05, 0) is 38.5 Å². The molecule has 0 bridgehead atoms. The smallest absolute Gasteiger partial charge is 0.407 e. The number of carbonyl (C=O) groups is 2. The normalized spacial score (nSPS) is 18.1. The van der Waals surface area contributed by atoms with Gasteiger partial charge in [-0.1, -0.05) is 13.0 Å². The number of rotatable bonds is 7. The number of carbonyl (C=O) groups excluding carboxylic acids is 2. The third kappa shape index (κ3) is 4.33. The monoisotopic (exact) mass is 522 g/mol. The van der Waals surface area contributed by atoms with Gasteiger partial charge < -0.3 is 19.5 Å². The summed E-state index contributed by atoms with van der Waals surface area (Å²) < 4.78 is 20.9. The lowest BCUT2D eigenvalue weighted by Gasteiger charge is -2.23. The number of amides is 2. The number of nitrogens with one attached hydrogen (secondary N) is 1. The second kappa shape index (κ2) is 9.99. The topological polar surface area (TPSA) is 118 Å². The second-order valence-electron chi connectivity index (χ2n) is 9.95. The van der Waals surface area contributed by atoms with Crippen LogP contribution in [-0.4, -0.2) is 63.5 Å². The highest BCUT2D eigenvalue weighted by Crippen LogP contribution is 2.39. The molecule has 0 radical (unpaired) electrons. The van der Waals surface area contributed by atoms with Crippen molar-refractivity contribution in [2.45, 2.75) is 58.3 Å². The predicted molar refractivity (Wildman–Crippen MR) is 139 cm³/mol. The van der Waals surface area contributed by atoms with Crippen LogP contribution < -0.4 is 15.1 Å². The van der Waals surface area contributed by atoms with Crippen molar-refractivity contribution >= 4 is 23.6 Å². The number of fused-ring (bicyclic) bond motifs is 2. The average Bonchev–Trinajstić information content (AvgIpc) is 3.60. The standard InChI is InChI=1S/C26H31FN8O3/c1-14(2)33(5)22-10-17-18(20(30-22)13-38-26(37)28-4)12-34(25(17)36)21-8-6-7-19(29-21)24-32-31-23-15(3)9-16(11-27)35(23)24/h6-8,10,14-16H,9,11-13H2,1-5H3,(H,28,37)/t15-,16-/m1/s1. The summed E-state index contributed by atoms with van der Waals surface area (Å²) >= 11 is 0. The van der Waals surface area contributed by atoms with Crippen molar-refractivity contribution in [3.63, 3.8) is 0 Å². The van der Waals surface area contributed by atoms with Gasteiger partial charge in [0.05, 0.1) is 23.8 Å². The largest absolute Gasteiger partial charge is 0.443 e. The summed E-state index contributed by atoms with van der Waals surface area (Å²) in [7, 11) is 3.38. The van der Waals surface area contributed by atoms with Gasteiger partial charge >= 0.3 is 6.09 Å². The van der Waals surface area contributed by atoms with Crippen LogP contribution in [0.15, 0.2) is 24.3 Å². The van der Waals surface area contributed by atoms with Gasteiger partial charge in [0, 0.05) is 31.6 Å². The summed E-state index contributed by atoms with van der Waals surface area (Å²) in [5.74, 6) is 2.15. The zero-order valence-electron chi connectivity index (χ0n) is 22.1. The molecule has 38 heavy (non-hydrogen) atoms. The van der Waals surface area contributed by atoms with Crippen molar-refractivity contribution in [3.8, 4) is 11.5 Å². The molecule has 0 aliphatic carbocycles. The van der Waals surface area contributed by atoms with E-state index in [9.17, 15) is 14.0 Å². The molecule has 3 aromatic rings. The van der Waals surface area contributed by atoms with Gasteiger partial charge in [0.2, 0.25) is 0 Å². The first kappa shape index (κ1) is 25.6. The van der Waals surface area contributed by atoms with Crippen molar-refractivity contribution in [1.29, 1.82) is 0 Å². The molecule has 12 heteroatoms. The fourth-order valence-corrected chi connectivity index (χ4v) is 4.93. The van der Waals surface area contributed by atoms with Crippen LogP contribution >= 0.6 is 0 Å². The van der Waals surface area contributed by atoms with Gasteiger partial charge in [0.25, 0.3) is 5.91 Å². The fourth-order valence-electron chi connectivity index (χ4n) is 4.93. The number of pyridine rings is 2. The minimum atomic E-state index is -0.583. The molecule has 0 aromatic carbocycles. The molecule has 0 saturated heterocycles. The number of halogens is 1. The van der Waals surface area contributed by atoms with Crippen molar-refractivity contribution in [2.24, 2.45) is 0 Å². The first-order valence-electron chi connectivity index (χ1n) is 12.6. The van der Waals surface area contributed by atoms with Gasteiger partial charge in [0.1, 0.15) is 36.4 Å². The highest BCUT2D eigenvalue weighted by atomic mass is 19.1. The summed E-state index contributed by atoms with van der Waals surface area (Å²) in [6.07, 6.45) is 0.0788. The molecule has 2 amide bonds. The molecule has 5 heterocycles. The van der Waals surface area contributed by atoms with Crippen LogP contribution in [0.2, 0.25) is 0 Å². The third-order valence-corrected chi connectivity index (χ3v) is 7.24. The molecule has 2 atom stereocenters. The molecule has 5 rings (SSSR count). The van der Waals surface area contributed by atoms with Gasteiger partial charge in [-0.25, -0.2) is 19.2 Å². The van der Waals surface area contributed by atoms with Gasteiger partial charge in [0.15, 0.2) is 5.82 Å². The Kier molecular flexibility index (Phi) is 6.72. The Labute approximate surface area is 220 Å². The van der Waals surface area contributed by atoms with Crippen molar-refractivity contribution in [2.75, 3.05) is 30.6 Å². The molecule has 2 aliphatic heterocycles. The third-order valence-electron chi connectivity index (χ3n) is 7.24. The van der Waals surface area contributed by atoms with Gasteiger partial charge in [-0.2, -0.15) is 0 Å². The Morgan fingerprint density at radius 2 is 2.08 bits per heavy atom. The van der Waals surface area contributed by atoms with E-state index in [4.69, 9.17) is 14.7 Å². The lowest BCUT2D eigenvalue weighted by molar-refractivity contribution is 0.0996. The lowest BCUT2D eigenvalue weighted by atomic mass is 10.1. The molecule has 2 aliphatic rings. The van der Waals surface area contributed by atoms with Gasteiger partial charge in [-0.15, -0.1) is 10.2 Å². The van der Waals surface area contributed by atoms with E-state index in [1.165, 1.54) is 7.05 Å². The van der Waals surface area contributed by atoms with Crippen LogP contribution in [0.5, 0.6) is 0 Å². The summed E-state index contributed by atoms with van der Waals surface area (Å²) in [5.41, 5.74) is 2.19. The highest BCUT2D eigenvalue weighted by Gasteiger charge is 2.36. The van der Waals surface area contributed by atoms with Crippen molar-refractivity contribution in [3.05, 3.63) is 46.9 Å². The fraction of sp³-hybridized carbons (Fsp3) is 0.462. The number of nitrogens with zero attached hydrogens (tertiary/aromatic N) is 7. The van der Waals surface area contributed by atoms with Crippen LogP contribution in [-0.2, 0) is 17.9 Å². The SMILES string of the molecule is CNC(=O)OCc1nc(N(C)C(C)C)cc2c1CN(c1cccc(-c3nnc4n3[C@@H](CF)C[C@H]4C)n1)C2=O. The zero-order valence-corrected chi connectivity index (χ0v) is 22.1. The first-order valence-corrected chi connectivity index (χ1v) is 12.6. The minimum Gasteiger partial charge on any atom is -0.443 e. The van der Waals surface area contributed by atoms with Crippen LogP contribution in [0.25, 0.3) is 11.5 Å². The molecule has 11 nitrogen and oxygen atoms in total. The Hall–Kier alpha value is -4.09. The molecule has 1 N–H and O–H groups in total.